The van der Waals surface area contributed by atoms with E-state index in [0.29, 0.717) is 0 Å². The van der Waals surface area contributed by atoms with Gasteiger partial charge in [0.1, 0.15) is 0 Å². The molecule has 18 heavy (non-hydrogen) atoms. The van der Waals surface area contributed by atoms with Crippen LogP contribution in [0, 0.1) is 13.8 Å². The van der Waals surface area contributed by atoms with E-state index in [-0.39, 0.29) is 0 Å². The molecule has 0 radical (unpaired) electrons. The van der Waals surface area contributed by atoms with Gasteiger partial charge in [0.15, 0.2) is 0 Å². The Morgan fingerprint density at radius 1 is 0.889 bits per heavy atom. The third kappa shape index (κ3) is 1.90. The fraction of sp³-hybridized carbons (Fsp3) is 0.294. The molecule has 2 aromatic rings. The summed E-state index contributed by atoms with van der Waals surface area (Å²) in [7, 11) is 0. The number of anilines is 1. The van der Waals surface area contributed by atoms with Gasteiger partial charge in [-0.15, -0.1) is 0 Å². The van der Waals surface area contributed by atoms with Crippen LogP contribution in [-0.4, -0.2) is 6.54 Å². The van der Waals surface area contributed by atoms with Gasteiger partial charge in [-0.3, -0.25) is 0 Å². The molecule has 0 amide bonds. The monoisotopic (exact) mass is 237 g/mol. The number of hydrogen-bond donors (Lipinski definition) is 0. The lowest BCUT2D eigenvalue weighted by molar-refractivity contribution is 0.729. The van der Waals surface area contributed by atoms with Gasteiger partial charge in [-0.25, -0.2) is 0 Å². The van der Waals surface area contributed by atoms with E-state index in [2.05, 4.69) is 61.2 Å². The molecule has 0 atom stereocenters. The van der Waals surface area contributed by atoms with Gasteiger partial charge in [-0.1, -0.05) is 36.4 Å². The summed E-state index contributed by atoms with van der Waals surface area (Å²) in [5.74, 6) is 0. The van der Waals surface area contributed by atoms with Gasteiger partial charge in [-0.05, 0) is 48.6 Å². The molecule has 0 saturated heterocycles. The second-order valence-electron chi connectivity index (χ2n) is 5.16. The number of rotatable bonds is 1. The maximum absolute atomic E-state index is 2.50. The zero-order chi connectivity index (χ0) is 12.5. The standard InChI is InChI=1S/C17H19N/c1-13-6-5-9-17(14(13)2)18-11-10-15-7-3-4-8-16(15)12-18/h3-9H,10-12H2,1-2H3. The minimum atomic E-state index is 1.04. The molecule has 1 aliphatic heterocycles. The van der Waals surface area contributed by atoms with Gasteiger partial charge in [-0.2, -0.15) is 0 Å². The van der Waals surface area contributed by atoms with Crippen molar-refractivity contribution in [3.63, 3.8) is 0 Å². The summed E-state index contributed by atoms with van der Waals surface area (Å²) in [5.41, 5.74) is 7.18. The van der Waals surface area contributed by atoms with E-state index in [0.717, 1.165) is 19.5 Å². The highest BCUT2D eigenvalue weighted by Crippen LogP contribution is 2.28. The van der Waals surface area contributed by atoms with E-state index in [9.17, 15) is 0 Å². The highest BCUT2D eigenvalue weighted by atomic mass is 15.1. The summed E-state index contributed by atoms with van der Waals surface area (Å²) >= 11 is 0. The molecule has 2 aromatic carbocycles. The Morgan fingerprint density at radius 3 is 2.50 bits per heavy atom. The van der Waals surface area contributed by atoms with Crippen molar-refractivity contribution in [3.8, 4) is 0 Å². The summed E-state index contributed by atoms with van der Waals surface area (Å²) in [5, 5.41) is 0. The molecule has 1 heteroatoms. The molecule has 0 unspecified atom stereocenters. The first-order valence-electron chi connectivity index (χ1n) is 6.63. The predicted molar refractivity (Wildman–Crippen MR) is 77.1 cm³/mol. The van der Waals surface area contributed by atoms with Crippen LogP contribution in [0.1, 0.15) is 22.3 Å². The third-order valence-corrected chi connectivity index (χ3v) is 4.05. The maximum Gasteiger partial charge on any atom is 0.0432 e. The molecule has 0 aliphatic carbocycles. The van der Waals surface area contributed by atoms with Crippen LogP contribution in [0.3, 0.4) is 0 Å². The number of nitrogens with zero attached hydrogens (tertiary/aromatic N) is 1. The van der Waals surface area contributed by atoms with Crippen LogP contribution < -0.4 is 4.90 Å². The predicted octanol–water partition coefficient (Wildman–Crippen LogP) is 3.87. The SMILES string of the molecule is Cc1cccc(N2CCc3ccccc3C2)c1C. The molecule has 92 valence electrons. The number of aryl methyl sites for hydroxylation is 1. The van der Waals surface area contributed by atoms with E-state index in [1.54, 1.807) is 0 Å². The van der Waals surface area contributed by atoms with Gasteiger partial charge in [0.2, 0.25) is 0 Å². The Hall–Kier alpha value is -1.76. The van der Waals surface area contributed by atoms with Crippen molar-refractivity contribution in [1.29, 1.82) is 0 Å². The quantitative estimate of drug-likeness (QED) is 0.728. The second-order valence-corrected chi connectivity index (χ2v) is 5.16. The summed E-state index contributed by atoms with van der Waals surface area (Å²) in [6, 6.07) is 15.4. The second kappa shape index (κ2) is 4.49. The molecule has 0 bridgehead atoms. The molecule has 0 saturated carbocycles. The van der Waals surface area contributed by atoms with Crippen LogP contribution in [0.25, 0.3) is 0 Å². The van der Waals surface area contributed by atoms with E-state index in [1.807, 2.05) is 0 Å². The Labute approximate surface area is 109 Å². The average Bonchev–Trinajstić information content (AvgIpc) is 2.41. The van der Waals surface area contributed by atoms with Crippen LogP contribution in [0.15, 0.2) is 42.5 Å². The summed E-state index contributed by atoms with van der Waals surface area (Å²) in [6.07, 6.45) is 1.16. The molecular formula is C17H19N. The molecule has 0 N–H and O–H groups in total. The van der Waals surface area contributed by atoms with Crippen molar-refractivity contribution >= 4 is 5.69 Å². The third-order valence-electron chi connectivity index (χ3n) is 4.05. The Kier molecular flexibility index (Phi) is 2.83. The lowest BCUT2D eigenvalue weighted by atomic mass is 9.98. The first-order valence-corrected chi connectivity index (χ1v) is 6.63. The first kappa shape index (κ1) is 11.3. The van der Waals surface area contributed by atoms with Crippen molar-refractivity contribution in [2.24, 2.45) is 0 Å². The zero-order valence-corrected chi connectivity index (χ0v) is 11.1. The van der Waals surface area contributed by atoms with Crippen molar-refractivity contribution < 1.29 is 0 Å². The Balaban J connectivity index is 1.94. The first-order chi connectivity index (χ1) is 8.75. The molecule has 1 aliphatic rings. The van der Waals surface area contributed by atoms with Crippen LogP contribution in [0.5, 0.6) is 0 Å². The van der Waals surface area contributed by atoms with E-state index in [4.69, 9.17) is 0 Å². The van der Waals surface area contributed by atoms with Crippen LogP contribution >= 0.6 is 0 Å². The normalized spacial score (nSPS) is 14.4. The van der Waals surface area contributed by atoms with Crippen LogP contribution in [0.2, 0.25) is 0 Å². The van der Waals surface area contributed by atoms with E-state index < -0.39 is 0 Å². The lowest BCUT2D eigenvalue weighted by Gasteiger charge is -2.32. The van der Waals surface area contributed by atoms with Crippen molar-refractivity contribution in [3.05, 3.63) is 64.7 Å². The van der Waals surface area contributed by atoms with E-state index in [1.165, 1.54) is 27.9 Å². The fourth-order valence-corrected chi connectivity index (χ4v) is 2.78. The number of hydrogen-bond acceptors (Lipinski definition) is 1. The lowest BCUT2D eigenvalue weighted by Crippen LogP contribution is -2.30. The Morgan fingerprint density at radius 2 is 1.67 bits per heavy atom. The fourth-order valence-electron chi connectivity index (χ4n) is 2.78. The van der Waals surface area contributed by atoms with Gasteiger partial charge >= 0.3 is 0 Å². The van der Waals surface area contributed by atoms with Crippen LogP contribution in [0.4, 0.5) is 5.69 Å². The Bertz CT molecular complexity index is 572. The van der Waals surface area contributed by atoms with Gasteiger partial charge < -0.3 is 4.90 Å². The highest BCUT2D eigenvalue weighted by molar-refractivity contribution is 5.57. The molecule has 1 heterocycles. The summed E-state index contributed by atoms with van der Waals surface area (Å²) < 4.78 is 0. The van der Waals surface area contributed by atoms with Crippen molar-refractivity contribution in [2.75, 3.05) is 11.4 Å². The van der Waals surface area contributed by atoms with Crippen molar-refractivity contribution in [1.82, 2.24) is 0 Å². The minimum absolute atomic E-state index is 1.04. The van der Waals surface area contributed by atoms with Crippen molar-refractivity contribution in [2.45, 2.75) is 26.8 Å². The van der Waals surface area contributed by atoms with Gasteiger partial charge in [0.05, 0.1) is 0 Å². The van der Waals surface area contributed by atoms with Gasteiger partial charge in [0.25, 0.3) is 0 Å². The summed E-state index contributed by atoms with van der Waals surface area (Å²) in [4.78, 5) is 2.50. The molecule has 0 aromatic heterocycles. The number of fused-ring (bicyclic) bond motifs is 1. The maximum atomic E-state index is 2.50. The smallest absolute Gasteiger partial charge is 0.0432 e. The van der Waals surface area contributed by atoms with E-state index >= 15 is 0 Å². The molecule has 0 fully saturated rings. The largest absolute Gasteiger partial charge is 0.367 e. The zero-order valence-electron chi connectivity index (χ0n) is 11.1. The molecule has 3 rings (SSSR count). The summed E-state index contributed by atoms with van der Waals surface area (Å²) in [6.45, 7) is 6.59. The average molecular weight is 237 g/mol. The highest BCUT2D eigenvalue weighted by Gasteiger charge is 2.17. The number of benzene rings is 2. The molecule has 0 spiro atoms. The molecule has 1 nitrogen and oxygen atoms in total. The minimum Gasteiger partial charge on any atom is -0.367 e. The topological polar surface area (TPSA) is 3.24 Å². The van der Waals surface area contributed by atoms with Gasteiger partial charge in [0, 0.05) is 18.8 Å². The molecular weight excluding hydrogens is 218 g/mol. The van der Waals surface area contributed by atoms with Crippen LogP contribution in [-0.2, 0) is 13.0 Å².